The second-order valence-electron chi connectivity index (χ2n) is 4.88. The largest absolute Gasteiger partial charge is 0.457 e. The Labute approximate surface area is 143 Å². The molecule has 1 aromatic carbocycles. The Hall–Kier alpha value is -2.38. The number of H-pyrrole nitrogens is 1. The molecule has 0 atom stereocenters. The lowest BCUT2D eigenvalue weighted by atomic mass is 10.1. The Morgan fingerprint density at radius 3 is 3.04 bits per heavy atom. The van der Waals surface area contributed by atoms with Gasteiger partial charge in [-0.05, 0) is 22.0 Å². The zero-order chi connectivity index (χ0) is 15.8. The molecule has 1 amide bonds. The van der Waals surface area contributed by atoms with E-state index >= 15 is 0 Å². The van der Waals surface area contributed by atoms with Gasteiger partial charge in [-0.2, -0.15) is 0 Å². The maximum absolute atomic E-state index is 12.1. The minimum absolute atomic E-state index is 0.251. The zero-order valence-corrected chi connectivity index (χ0v) is 14.1. The van der Waals surface area contributed by atoms with Crippen molar-refractivity contribution in [3.8, 4) is 11.3 Å². The number of rotatable bonds is 3. The summed E-state index contributed by atoms with van der Waals surface area (Å²) in [5.41, 5.74) is 3.35. The second-order valence-corrected chi connectivity index (χ2v) is 6.52. The summed E-state index contributed by atoms with van der Waals surface area (Å²) >= 11 is 4.56. The number of halogens is 1. The lowest BCUT2D eigenvalue weighted by Crippen LogP contribution is -2.10. The Morgan fingerprint density at radius 2 is 2.22 bits per heavy atom. The van der Waals surface area contributed by atoms with Crippen molar-refractivity contribution >= 4 is 49.2 Å². The number of benzene rings is 1. The molecule has 0 aliphatic heterocycles. The van der Waals surface area contributed by atoms with Gasteiger partial charge in [0.1, 0.15) is 6.26 Å². The van der Waals surface area contributed by atoms with Gasteiger partial charge in [0.15, 0.2) is 9.80 Å². The fourth-order valence-electron chi connectivity index (χ4n) is 2.34. The van der Waals surface area contributed by atoms with Crippen molar-refractivity contribution in [3.63, 3.8) is 0 Å². The predicted molar refractivity (Wildman–Crippen MR) is 93.8 cm³/mol. The van der Waals surface area contributed by atoms with Gasteiger partial charge in [0.25, 0.3) is 5.91 Å². The molecule has 0 saturated heterocycles. The van der Waals surface area contributed by atoms with Gasteiger partial charge in [-0.15, -0.1) is 11.3 Å². The van der Waals surface area contributed by atoms with Crippen molar-refractivity contribution in [2.24, 2.45) is 0 Å². The van der Waals surface area contributed by atoms with E-state index < -0.39 is 0 Å². The number of hydrogen-bond donors (Lipinski definition) is 2. The maximum atomic E-state index is 12.1. The molecule has 23 heavy (non-hydrogen) atoms. The van der Waals surface area contributed by atoms with Crippen molar-refractivity contribution in [1.29, 1.82) is 0 Å². The molecule has 4 aromatic rings. The quantitative estimate of drug-likeness (QED) is 0.525. The van der Waals surface area contributed by atoms with E-state index in [4.69, 9.17) is 4.42 Å². The van der Waals surface area contributed by atoms with Gasteiger partial charge < -0.3 is 9.40 Å². The number of aromatic nitrogens is 2. The summed E-state index contributed by atoms with van der Waals surface area (Å²) < 4.78 is 5.59. The van der Waals surface area contributed by atoms with E-state index in [1.54, 1.807) is 6.07 Å². The van der Waals surface area contributed by atoms with Crippen LogP contribution in [0.3, 0.4) is 0 Å². The Balaban J connectivity index is 1.60. The number of para-hydroxylation sites is 1. The van der Waals surface area contributed by atoms with Crippen molar-refractivity contribution in [2.45, 2.75) is 0 Å². The van der Waals surface area contributed by atoms with Gasteiger partial charge in [0, 0.05) is 34.1 Å². The Kier molecular flexibility index (Phi) is 3.51. The number of hydrogen-bond acceptors (Lipinski definition) is 4. The number of carbonyl (C=O) groups is 1. The van der Waals surface area contributed by atoms with Gasteiger partial charge >= 0.3 is 0 Å². The molecular formula is C16H10BrN3O2S. The van der Waals surface area contributed by atoms with Crippen LogP contribution in [-0.4, -0.2) is 15.9 Å². The van der Waals surface area contributed by atoms with Crippen LogP contribution in [-0.2, 0) is 0 Å². The molecule has 4 rings (SSSR count). The lowest BCUT2D eigenvalue weighted by molar-refractivity contribution is 0.102. The highest BCUT2D eigenvalue weighted by atomic mass is 79.9. The van der Waals surface area contributed by atoms with Crippen LogP contribution in [0, 0.1) is 0 Å². The summed E-state index contributed by atoms with van der Waals surface area (Å²) in [4.78, 5) is 19.8. The Morgan fingerprint density at radius 1 is 1.35 bits per heavy atom. The molecule has 3 heterocycles. The number of anilines is 1. The average Bonchev–Trinajstić information content (AvgIpc) is 3.26. The van der Waals surface area contributed by atoms with Crippen molar-refractivity contribution < 1.29 is 9.21 Å². The van der Waals surface area contributed by atoms with E-state index in [1.807, 2.05) is 35.8 Å². The van der Waals surface area contributed by atoms with E-state index in [2.05, 4.69) is 31.2 Å². The highest BCUT2D eigenvalue weighted by Gasteiger charge is 2.13. The topological polar surface area (TPSA) is 70.9 Å². The van der Waals surface area contributed by atoms with E-state index in [0.29, 0.717) is 15.4 Å². The molecule has 0 saturated carbocycles. The third-order valence-electron chi connectivity index (χ3n) is 3.42. The number of amides is 1. The summed E-state index contributed by atoms with van der Waals surface area (Å²) in [6.45, 7) is 0. The smallest absolute Gasteiger partial charge is 0.260 e. The maximum Gasteiger partial charge on any atom is 0.260 e. The van der Waals surface area contributed by atoms with E-state index in [0.717, 1.165) is 22.2 Å². The molecule has 7 heteroatoms. The van der Waals surface area contributed by atoms with Crippen LogP contribution < -0.4 is 5.32 Å². The van der Waals surface area contributed by atoms with Gasteiger partial charge in [-0.3, -0.25) is 10.1 Å². The van der Waals surface area contributed by atoms with Crippen molar-refractivity contribution in [2.75, 3.05) is 5.32 Å². The van der Waals surface area contributed by atoms with Crippen LogP contribution in [0.4, 0.5) is 5.13 Å². The van der Waals surface area contributed by atoms with Gasteiger partial charge in [-0.1, -0.05) is 18.2 Å². The molecule has 0 bridgehead atoms. The fourth-order valence-corrected chi connectivity index (χ4v) is 3.38. The molecule has 0 aliphatic rings. The van der Waals surface area contributed by atoms with Crippen LogP contribution in [0.5, 0.6) is 0 Å². The predicted octanol–water partition coefficient (Wildman–Crippen LogP) is 4.90. The summed E-state index contributed by atoms with van der Waals surface area (Å²) in [6, 6.07) is 9.65. The molecule has 0 spiro atoms. The first-order chi connectivity index (χ1) is 11.2. The van der Waals surface area contributed by atoms with Crippen LogP contribution in [0.25, 0.3) is 22.2 Å². The van der Waals surface area contributed by atoms with Crippen molar-refractivity contribution in [3.05, 3.63) is 58.4 Å². The first-order valence-electron chi connectivity index (χ1n) is 6.78. The number of nitrogens with zero attached hydrogens (tertiary/aromatic N) is 1. The molecule has 0 aliphatic carbocycles. The first kappa shape index (κ1) is 14.2. The summed E-state index contributed by atoms with van der Waals surface area (Å²) in [7, 11) is 0. The molecule has 114 valence electrons. The van der Waals surface area contributed by atoms with E-state index in [-0.39, 0.29) is 5.91 Å². The van der Waals surface area contributed by atoms with Crippen LogP contribution in [0.2, 0.25) is 0 Å². The fraction of sp³-hybridized carbons (Fsp3) is 0. The zero-order valence-electron chi connectivity index (χ0n) is 11.7. The van der Waals surface area contributed by atoms with Crippen LogP contribution in [0.1, 0.15) is 10.4 Å². The van der Waals surface area contributed by atoms with Gasteiger partial charge in [0.05, 0.1) is 11.3 Å². The lowest BCUT2D eigenvalue weighted by Gasteiger charge is -1.97. The third kappa shape index (κ3) is 2.69. The number of carbonyl (C=O) groups excluding carboxylic acids is 1. The standard InChI is InChI=1S/C16H10BrN3O2S/c17-14-5-9(7-22-14)15(21)20-16-19-13(8-23-16)11-6-18-12-4-2-1-3-10(11)12/h1-8,18H,(H,19,20,21). The minimum atomic E-state index is -0.251. The normalized spacial score (nSPS) is 11.0. The molecule has 0 unspecified atom stereocenters. The highest BCUT2D eigenvalue weighted by molar-refractivity contribution is 9.10. The Bertz CT molecular complexity index is 1000. The number of furan rings is 1. The molecule has 2 N–H and O–H groups in total. The van der Waals surface area contributed by atoms with Crippen LogP contribution in [0.15, 0.2) is 57.3 Å². The number of fused-ring (bicyclic) bond motifs is 1. The highest BCUT2D eigenvalue weighted by Crippen LogP contribution is 2.31. The molecule has 0 radical (unpaired) electrons. The second kappa shape index (κ2) is 5.68. The molecule has 3 aromatic heterocycles. The number of nitrogens with one attached hydrogen (secondary N) is 2. The van der Waals surface area contributed by atoms with E-state index in [1.165, 1.54) is 17.6 Å². The minimum Gasteiger partial charge on any atom is -0.457 e. The van der Waals surface area contributed by atoms with Gasteiger partial charge in [0.2, 0.25) is 0 Å². The number of thiazole rings is 1. The summed E-state index contributed by atoms with van der Waals surface area (Å²) in [6.07, 6.45) is 3.33. The average molecular weight is 388 g/mol. The first-order valence-corrected chi connectivity index (χ1v) is 8.45. The SMILES string of the molecule is O=C(Nc1nc(-c2c[nH]c3ccccc23)cs1)c1coc(Br)c1. The van der Waals surface area contributed by atoms with Crippen LogP contribution >= 0.6 is 27.3 Å². The summed E-state index contributed by atoms with van der Waals surface area (Å²) in [5.74, 6) is -0.251. The monoisotopic (exact) mass is 387 g/mol. The number of aromatic amines is 1. The van der Waals surface area contributed by atoms with Crippen molar-refractivity contribution in [1.82, 2.24) is 9.97 Å². The summed E-state index contributed by atoms with van der Waals surface area (Å²) in [5, 5.41) is 6.36. The molecule has 0 fully saturated rings. The van der Waals surface area contributed by atoms with E-state index in [9.17, 15) is 4.79 Å². The molecule has 5 nitrogen and oxygen atoms in total. The third-order valence-corrected chi connectivity index (χ3v) is 4.59. The van der Waals surface area contributed by atoms with Gasteiger partial charge in [-0.25, -0.2) is 4.98 Å². The molecular weight excluding hydrogens is 378 g/mol.